The fraction of sp³-hybridized carbons (Fsp3) is 1.00. The third-order valence-electron chi connectivity index (χ3n) is 4.28. The van der Waals surface area contributed by atoms with E-state index < -0.39 is 0 Å². The van der Waals surface area contributed by atoms with E-state index >= 15 is 0 Å². The van der Waals surface area contributed by atoms with Crippen molar-refractivity contribution in [2.75, 3.05) is 6.54 Å². The van der Waals surface area contributed by atoms with E-state index in [1.807, 2.05) is 0 Å². The second kappa shape index (κ2) is 7.38. The summed E-state index contributed by atoms with van der Waals surface area (Å²) in [5, 5.41) is 3.69. The van der Waals surface area contributed by atoms with Crippen LogP contribution in [0.15, 0.2) is 0 Å². The summed E-state index contributed by atoms with van der Waals surface area (Å²) in [4.78, 5) is 0. The van der Waals surface area contributed by atoms with Gasteiger partial charge in [-0.3, -0.25) is 0 Å². The van der Waals surface area contributed by atoms with Crippen molar-refractivity contribution in [3.63, 3.8) is 0 Å². The largest absolute Gasteiger partial charge is 0.373 e. The zero-order chi connectivity index (χ0) is 11.9. The molecule has 0 aromatic rings. The zero-order valence-corrected chi connectivity index (χ0v) is 11.4. The summed E-state index contributed by atoms with van der Waals surface area (Å²) in [7, 11) is 0. The molecular formula is C15H29NO. The predicted octanol–water partition coefficient (Wildman–Crippen LogP) is 3.65. The Balaban J connectivity index is 1.78. The van der Waals surface area contributed by atoms with Gasteiger partial charge < -0.3 is 10.1 Å². The Labute approximate surface area is 107 Å². The predicted molar refractivity (Wildman–Crippen MR) is 72.3 cm³/mol. The Morgan fingerprint density at radius 2 is 1.65 bits per heavy atom. The van der Waals surface area contributed by atoms with Crippen LogP contribution in [0.4, 0.5) is 0 Å². The topological polar surface area (TPSA) is 21.3 Å². The molecule has 2 heteroatoms. The lowest BCUT2D eigenvalue weighted by Crippen LogP contribution is -2.45. The molecule has 1 N–H and O–H groups in total. The van der Waals surface area contributed by atoms with Crippen molar-refractivity contribution >= 4 is 0 Å². The van der Waals surface area contributed by atoms with Crippen LogP contribution >= 0.6 is 0 Å². The first-order valence-electron chi connectivity index (χ1n) is 7.79. The van der Waals surface area contributed by atoms with E-state index in [-0.39, 0.29) is 0 Å². The van der Waals surface area contributed by atoms with Crippen LogP contribution in [0.2, 0.25) is 0 Å². The summed E-state index contributed by atoms with van der Waals surface area (Å²) >= 11 is 0. The quantitative estimate of drug-likeness (QED) is 0.791. The summed E-state index contributed by atoms with van der Waals surface area (Å²) in [5.41, 5.74) is 0. The molecule has 2 unspecified atom stereocenters. The molecule has 0 saturated heterocycles. The minimum Gasteiger partial charge on any atom is -0.373 e. The van der Waals surface area contributed by atoms with Crippen molar-refractivity contribution in [2.45, 2.75) is 89.4 Å². The molecule has 2 rings (SSSR count). The van der Waals surface area contributed by atoms with E-state index in [4.69, 9.17) is 4.74 Å². The number of hydrogen-bond acceptors (Lipinski definition) is 2. The molecule has 0 heterocycles. The van der Waals surface area contributed by atoms with Gasteiger partial charge in [0.15, 0.2) is 0 Å². The van der Waals surface area contributed by atoms with Crippen LogP contribution in [-0.4, -0.2) is 24.8 Å². The maximum atomic E-state index is 6.38. The summed E-state index contributed by atoms with van der Waals surface area (Å²) in [5.74, 6) is 0. The van der Waals surface area contributed by atoms with Crippen LogP contribution in [-0.2, 0) is 4.74 Å². The molecule has 2 aliphatic rings. The van der Waals surface area contributed by atoms with Crippen molar-refractivity contribution in [3.8, 4) is 0 Å². The van der Waals surface area contributed by atoms with Crippen LogP contribution in [0.25, 0.3) is 0 Å². The molecule has 0 bridgehead atoms. The van der Waals surface area contributed by atoms with Crippen LogP contribution in [0.5, 0.6) is 0 Å². The molecular weight excluding hydrogens is 210 g/mol. The van der Waals surface area contributed by atoms with Gasteiger partial charge >= 0.3 is 0 Å². The van der Waals surface area contributed by atoms with E-state index in [9.17, 15) is 0 Å². The number of ether oxygens (including phenoxy) is 1. The van der Waals surface area contributed by atoms with Crippen molar-refractivity contribution in [1.29, 1.82) is 0 Å². The fourth-order valence-electron chi connectivity index (χ4n) is 3.27. The third-order valence-corrected chi connectivity index (χ3v) is 4.28. The van der Waals surface area contributed by atoms with E-state index in [0.717, 1.165) is 6.54 Å². The highest BCUT2D eigenvalue weighted by atomic mass is 16.5. The second-order valence-corrected chi connectivity index (χ2v) is 5.78. The van der Waals surface area contributed by atoms with Gasteiger partial charge in [0.2, 0.25) is 0 Å². The first-order chi connectivity index (χ1) is 8.40. The minimum atomic E-state index is 0.499. The third kappa shape index (κ3) is 4.26. The summed E-state index contributed by atoms with van der Waals surface area (Å²) in [6, 6.07) is 0.630. The van der Waals surface area contributed by atoms with E-state index in [0.29, 0.717) is 18.2 Å². The van der Waals surface area contributed by atoms with Crippen molar-refractivity contribution in [2.24, 2.45) is 0 Å². The number of hydrogen-bond donors (Lipinski definition) is 1. The smallest absolute Gasteiger partial charge is 0.0731 e. The zero-order valence-electron chi connectivity index (χ0n) is 11.4. The number of nitrogens with one attached hydrogen (secondary N) is 1. The van der Waals surface area contributed by atoms with E-state index in [2.05, 4.69) is 12.2 Å². The Morgan fingerprint density at radius 1 is 0.941 bits per heavy atom. The molecule has 2 fully saturated rings. The van der Waals surface area contributed by atoms with Gasteiger partial charge in [0, 0.05) is 6.04 Å². The highest BCUT2D eigenvalue weighted by Crippen LogP contribution is 2.27. The number of rotatable bonds is 5. The summed E-state index contributed by atoms with van der Waals surface area (Å²) < 4.78 is 6.38. The monoisotopic (exact) mass is 239 g/mol. The van der Waals surface area contributed by atoms with Gasteiger partial charge in [-0.2, -0.15) is 0 Å². The van der Waals surface area contributed by atoms with Gasteiger partial charge in [-0.05, 0) is 38.6 Å². The summed E-state index contributed by atoms with van der Waals surface area (Å²) in [6.45, 7) is 3.39. The van der Waals surface area contributed by atoms with Crippen LogP contribution in [0.3, 0.4) is 0 Å². The Bertz CT molecular complexity index is 201. The van der Waals surface area contributed by atoms with Gasteiger partial charge in [-0.15, -0.1) is 0 Å². The molecule has 0 aromatic carbocycles. The highest BCUT2D eigenvalue weighted by molar-refractivity contribution is 4.83. The Hall–Kier alpha value is -0.0800. The van der Waals surface area contributed by atoms with Crippen LogP contribution < -0.4 is 5.32 Å². The molecule has 100 valence electrons. The molecule has 2 atom stereocenters. The van der Waals surface area contributed by atoms with Gasteiger partial charge in [-0.1, -0.05) is 39.0 Å². The Kier molecular flexibility index (Phi) is 5.79. The molecule has 17 heavy (non-hydrogen) atoms. The minimum absolute atomic E-state index is 0.499. The molecule has 2 saturated carbocycles. The second-order valence-electron chi connectivity index (χ2n) is 5.78. The Morgan fingerprint density at radius 3 is 2.41 bits per heavy atom. The van der Waals surface area contributed by atoms with Crippen molar-refractivity contribution < 1.29 is 4.74 Å². The van der Waals surface area contributed by atoms with Crippen LogP contribution in [0.1, 0.15) is 71.1 Å². The standard InChI is InChI=1S/C15H29NO/c1-2-12-16-14-10-6-7-11-15(14)17-13-8-4-3-5-9-13/h13-16H,2-12H2,1H3. The average molecular weight is 239 g/mol. The van der Waals surface area contributed by atoms with E-state index in [1.54, 1.807) is 0 Å². The van der Waals surface area contributed by atoms with Gasteiger partial charge in [0.25, 0.3) is 0 Å². The molecule has 0 amide bonds. The lowest BCUT2D eigenvalue weighted by molar-refractivity contribution is -0.0601. The molecule has 2 aliphatic carbocycles. The van der Waals surface area contributed by atoms with Gasteiger partial charge in [0.05, 0.1) is 12.2 Å². The fourth-order valence-corrected chi connectivity index (χ4v) is 3.27. The maximum absolute atomic E-state index is 6.38. The molecule has 0 aromatic heterocycles. The molecule has 0 aliphatic heterocycles. The average Bonchev–Trinajstić information content (AvgIpc) is 2.39. The van der Waals surface area contributed by atoms with Crippen molar-refractivity contribution in [3.05, 3.63) is 0 Å². The lowest BCUT2D eigenvalue weighted by Gasteiger charge is -2.36. The molecule has 0 spiro atoms. The van der Waals surface area contributed by atoms with Gasteiger partial charge in [-0.25, -0.2) is 0 Å². The van der Waals surface area contributed by atoms with Crippen LogP contribution in [0, 0.1) is 0 Å². The van der Waals surface area contributed by atoms with E-state index in [1.165, 1.54) is 64.2 Å². The first kappa shape index (κ1) is 13.4. The lowest BCUT2D eigenvalue weighted by atomic mass is 9.91. The van der Waals surface area contributed by atoms with Gasteiger partial charge in [0.1, 0.15) is 0 Å². The first-order valence-corrected chi connectivity index (χ1v) is 7.79. The normalized spacial score (nSPS) is 31.6. The maximum Gasteiger partial charge on any atom is 0.0731 e. The molecule has 0 radical (unpaired) electrons. The van der Waals surface area contributed by atoms with Crippen molar-refractivity contribution in [1.82, 2.24) is 5.32 Å². The summed E-state index contributed by atoms with van der Waals surface area (Å²) in [6.07, 6.45) is 14.4. The highest BCUT2D eigenvalue weighted by Gasteiger charge is 2.28. The SMILES string of the molecule is CCCNC1CCCCC1OC1CCCCC1. The molecule has 2 nitrogen and oxygen atoms in total.